The van der Waals surface area contributed by atoms with E-state index in [2.05, 4.69) is 20.4 Å². The van der Waals surface area contributed by atoms with Crippen LogP contribution in [0.4, 0.5) is 15.8 Å². The Balaban J connectivity index is 1.19. The summed E-state index contributed by atoms with van der Waals surface area (Å²) < 4.78 is 13.1. The van der Waals surface area contributed by atoms with E-state index in [0.717, 1.165) is 47.3 Å². The third-order valence-electron chi connectivity index (χ3n) is 6.17. The SMILES string of the molecule is O=C(NCc1ccc(F)cc1)c1ccc2c(c1)NC(=O)C(N1CCN(c3ccc(Cl)cc3)CC1)S2. The summed E-state index contributed by atoms with van der Waals surface area (Å²) >= 11 is 7.51. The first-order valence-electron chi connectivity index (χ1n) is 11.3. The van der Waals surface area contributed by atoms with Gasteiger partial charge >= 0.3 is 0 Å². The monoisotopic (exact) mass is 510 g/mol. The van der Waals surface area contributed by atoms with Gasteiger partial charge < -0.3 is 15.5 Å². The van der Waals surface area contributed by atoms with E-state index in [-0.39, 0.29) is 23.0 Å². The van der Waals surface area contributed by atoms with Crippen LogP contribution in [0.3, 0.4) is 0 Å². The van der Waals surface area contributed by atoms with Gasteiger partial charge in [0.2, 0.25) is 0 Å². The van der Waals surface area contributed by atoms with Crippen LogP contribution >= 0.6 is 23.4 Å². The van der Waals surface area contributed by atoms with Gasteiger partial charge in [-0.1, -0.05) is 35.5 Å². The van der Waals surface area contributed by atoms with E-state index >= 15 is 0 Å². The molecule has 35 heavy (non-hydrogen) atoms. The number of carbonyl (C=O) groups excluding carboxylic acids is 2. The molecule has 0 aromatic heterocycles. The average Bonchev–Trinajstić information content (AvgIpc) is 2.88. The molecular weight excluding hydrogens is 487 g/mol. The summed E-state index contributed by atoms with van der Waals surface area (Å²) in [6.07, 6.45) is 0. The first-order chi connectivity index (χ1) is 17.0. The number of hydrogen-bond donors (Lipinski definition) is 2. The van der Waals surface area contributed by atoms with E-state index in [1.807, 2.05) is 30.3 Å². The molecule has 180 valence electrons. The average molecular weight is 511 g/mol. The van der Waals surface area contributed by atoms with Crippen LogP contribution in [-0.4, -0.2) is 48.3 Å². The van der Waals surface area contributed by atoms with Crippen LogP contribution in [0, 0.1) is 5.82 Å². The minimum absolute atomic E-state index is 0.0775. The molecule has 2 N–H and O–H groups in total. The van der Waals surface area contributed by atoms with Gasteiger partial charge in [-0.2, -0.15) is 0 Å². The molecule has 1 unspecified atom stereocenters. The molecule has 2 amide bonds. The van der Waals surface area contributed by atoms with Crippen molar-refractivity contribution < 1.29 is 14.0 Å². The maximum absolute atomic E-state index is 13.1. The van der Waals surface area contributed by atoms with E-state index in [1.165, 1.54) is 23.9 Å². The number of thioether (sulfide) groups is 1. The number of amides is 2. The number of piperazine rings is 1. The Morgan fingerprint density at radius 1 is 1.03 bits per heavy atom. The fourth-order valence-electron chi connectivity index (χ4n) is 4.23. The first kappa shape index (κ1) is 23.7. The van der Waals surface area contributed by atoms with E-state index in [9.17, 15) is 14.0 Å². The Labute approximate surface area is 212 Å². The van der Waals surface area contributed by atoms with Crippen LogP contribution < -0.4 is 15.5 Å². The third kappa shape index (κ3) is 5.45. The normalized spacial score (nSPS) is 18.1. The molecule has 1 fully saturated rings. The molecule has 1 atom stereocenters. The summed E-state index contributed by atoms with van der Waals surface area (Å²) in [6.45, 7) is 3.49. The van der Waals surface area contributed by atoms with Crippen molar-refractivity contribution in [2.45, 2.75) is 16.8 Å². The number of hydrogen-bond acceptors (Lipinski definition) is 5. The van der Waals surface area contributed by atoms with Crippen molar-refractivity contribution in [1.82, 2.24) is 10.2 Å². The van der Waals surface area contributed by atoms with Crippen LogP contribution in [0.25, 0.3) is 0 Å². The standard InChI is InChI=1S/C26H24ClFN4O2S/c27-19-4-8-21(9-5-19)31-11-13-32(14-12-31)26-25(34)30-22-15-18(3-10-23(22)35-26)24(33)29-16-17-1-6-20(28)7-2-17/h1-10,15,26H,11-14,16H2,(H,29,33)(H,30,34). The predicted octanol–water partition coefficient (Wildman–Crippen LogP) is 4.60. The molecule has 0 saturated carbocycles. The lowest BCUT2D eigenvalue weighted by atomic mass is 10.1. The van der Waals surface area contributed by atoms with E-state index in [4.69, 9.17) is 11.6 Å². The van der Waals surface area contributed by atoms with Gasteiger partial charge in [0, 0.05) is 53.9 Å². The van der Waals surface area contributed by atoms with Gasteiger partial charge in [-0.15, -0.1) is 0 Å². The fourth-order valence-corrected chi connectivity index (χ4v) is 5.51. The van der Waals surface area contributed by atoms with Gasteiger partial charge in [0.05, 0.1) is 5.69 Å². The number of nitrogens with zero attached hydrogens (tertiary/aromatic N) is 2. The molecule has 2 aliphatic heterocycles. The maximum atomic E-state index is 13.1. The Morgan fingerprint density at radius 2 is 1.74 bits per heavy atom. The second-order valence-electron chi connectivity index (χ2n) is 8.48. The van der Waals surface area contributed by atoms with E-state index < -0.39 is 0 Å². The highest BCUT2D eigenvalue weighted by Gasteiger charge is 2.34. The molecule has 0 bridgehead atoms. The number of benzene rings is 3. The van der Waals surface area contributed by atoms with Crippen molar-refractivity contribution >= 4 is 46.6 Å². The molecule has 6 nitrogen and oxygen atoms in total. The topological polar surface area (TPSA) is 64.7 Å². The molecule has 5 rings (SSSR count). The van der Waals surface area contributed by atoms with Crippen molar-refractivity contribution in [2.24, 2.45) is 0 Å². The number of rotatable bonds is 5. The Kier molecular flexibility index (Phi) is 6.95. The van der Waals surface area contributed by atoms with Gasteiger partial charge in [-0.25, -0.2) is 4.39 Å². The lowest BCUT2D eigenvalue weighted by molar-refractivity contribution is -0.118. The first-order valence-corrected chi connectivity index (χ1v) is 12.6. The number of anilines is 2. The van der Waals surface area contributed by atoms with Gasteiger partial charge in [-0.3, -0.25) is 14.5 Å². The summed E-state index contributed by atoms with van der Waals surface area (Å²) in [5, 5.41) is 6.22. The van der Waals surface area contributed by atoms with E-state index in [0.29, 0.717) is 17.8 Å². The van der Waals surface area contributed by atoms with Crippen molar-refractivity contribution in [3.05, 3.63) is 88.7 Å². The molecular formula is C26H24ClFN4O2S. The molecule has 0 aliphatic carbocycles. The summed E-state index contributed by atoms with van der Waals surface area (Å²) in [5.41, 5.74) is 3.04. The number of halogens is 2. The van der Waals surface area contributed by atoms with Crippen LogP contribution in [0.5, 0.6) is 0 Å². The minimum atomic E-state index is -0.315. The molecule has 3 aromatic rings. The van der Waals surface area contributed by atoms with Crippen molar-refractivity contribution in [3.8, 4) is 0 Å². The molecule has 2 aliphatic rings. The zero-order valence-electron chi connectivity index (χ0n) is 18.8. The van der Waals surface area contributed by atoms with Crippen molar-refractivity contribution in [3.63, 3.8) is 0 Å². The minimum Gasteiger partial charge on any atom is -0.369 e. The molecule has 2 heterocycles. The van der Waals surface area contributed by atoms with Crippen molar-refractivity contribution in [1.29, 1.82) is 0 Å². The quantitative estimate of drug-likeness (QED) is 0.525. The van der Waals surface area contributed by atoms with Gasteiger partial charge in [0.1, 0.15) is 11.2 Å². The zero-order chi connectivity index (χ0) is 24.4. The van der Waals surface area contributed by atoms with Crippen LogP contribution in [-0.2, 0) is 11.3 Å². The van der Waals surface area contributed by atoms with Gasteiger partial charge in [0.25, 0.3) is 11.8 Å². The molecule has 0 spiro atoms. The second kappa shape index (κ2) is 10.3. The van der Waals surface area contributed by atoms with Gasteiger partial charge in [-0.05, 0) is 60.2 Å². The largest absolute Gasteiger partial charge is 0.369 e. The highest BCUT2D eigenvalue weighted by molar-refractivity contribution is 8.00. The van der Waals surface area contributed by atoms with Gasteiger partial charge in [0.15, 0.2) is 0 Å². The molecule has 1 saturated heterocycles. The summed E-state index contributed by atoms with van der Waals surface area (Å²) in [6, 6.07) is 19.2. The lowest BCUT2D eigenvalue weighted by Gasteiger charge is -2.40. The summed E-state index contributed by atoms with van der Waals surface area (Å²) in [5.74, 6) is -0.645. The number of fused-ring (bicyclic) bond motifs is 1. The zero-order valence-corrected chi connectivity index (χ0v) is 20.4. The molecule has 0 radical (unpaired) electrons. The lowest BCUT2D eigenvalue weighted by Crippen LogP contribution is -2.53. The second-order valence-corrected chi connectivity index (χ2v) is 10.0. The van der Waals surface area contributed by atoms with Crippen LogP contribution in [0.1, 0.15) is 15.9 Å². The molecule has 9 heteroatoms. The molecule has 3 aromatic carbocycles. The highest BCUT2D eigenvalue weighted by Crippen LogP contribution is 2.38. The summed E-state index contributed by atoms with van der Waals surface area (Å²) in [4.78, 5) is 31.0. The fraction of sp³-hybridized carbons (Fsp3) is 0.231. The Bertz CT molecular complexity index is 1230. The van der Waals surface area contributed by atoms with E-state index in [1.54, 1.807) is 24.3 Å². The number of carbonyl (C=O) groups is 2. The maximum Gasteiger partial charge on any atom is 0.252 e. The third-order valence-corrected chi connectivity index (χ3v) is 7.76. The van der Waals surface area contributed by atoms with Crippen LogP contribution in [0.15, 0.2) is 71.6 Å². The highest BCUT2D eigenvalue weighted by atomic mass is 35.5. The Hall–Kier alpha value is -3.07. The van der Waals surface area contributed by atoms with Crippen molar-refractivity contribution in [2.75, 3.05) is 36.4 Å². The Morgan fingerprint density at radius 3 is 2.46 bits per heavy atom. The smallest absolute Gasteiger partial charge is 0.252 e. The predicted molar refractivity (Wildman–Crippen MR) is 138 cm³/mol. The van der Waals surface area contributed by atoms with Crippen LogP contribution in [0.2, 0.25) is 5.02 Å². The summed E-state index contributed by atoms with van der Waals surface area (Å²) in [7, 11) is 0. The number of nitrogens with one attached hydrogen (secondary N) is 2.